The molecular formula is C24H37N5O5S. The fraction of sp³-hybridized carbons (Fsp3) is 0.667. The number of urea groups is 1. The summed E-state index contributed by atoms with van der Waals surface area (Å²) in [5.74, 6) is 0.631. The molecule has 2 aliphatic rings. The third-order valence-electron chi connectivity index (χ3n) is 5.99. The summed E-state index contributed by atoms with van der Waals surface area (Å²) < 4.78 is 11.1. The number of amides is 3. The van der Waals surface area contributed by atoms with Crippen LogP contribution < -0.4 is 10.6 Å². The third-order valence-corrected chi connectivity index (χ3v) is 6.80. The fourth-order valence-corrected chi connectivity index (χ4v) is 4.92. The number of carbonyl (C=O) groups excluding carboxylic acids is 3. The van der Waals surface area contributed by atoms with Gasteiger partial charge in [-0.15, -0.1) is 5.10 Å². The van der Waals surface area contributed by atoms with Gasteiger partial charge in [0.1, 0.15) is 5.66 Å². The van der Waals surface area contributed by atoms with Crippen molar-refractivity contribution in [2.24, 2.45) is 11.0 Å². The number of thioether (sulfide) groups is 1. The molecule has 3 rings (SSSR count). The Morgan fingerprint density at radius 2 is 1.97 bits per heavy atom. The molecule has 11 heteroatoms. The highest BCUT2D eigenvalue weighted by molar-refractivity contribution is 8.13. The topological polar surface area (TPSA) is 116 Å². The first-order valence-electron chi connectivity index (χ1n) is 12.2. The molecule has 1 atom stereocenters. The van der Waals surface area contributed by atoms with E-state index in [0.29, 0.717) is 36.2 Å². The maximum Gasteiger partial charge on any atom is 0.343 e. The van der Waals surface area contributed by atoms with Gasteiger partial charge >= 0.3 is 6.03 Å². The normalized spacial score (nSPS) is 19.4. The van der Waals surface area contributed by atoms with Crippen LogP contribution in [0, 0.1) is 5.92 Å². The summed E-state index contributed by atoms with van der Waals surface area (Å²) in [4.78, 5) is 41.2. The number of furan rings is 1. The number of ether oxygens (including phenoxy) is 1. The van der Waals surface area contributed by atoms with Gasteiger partial charge in [0.15, 0.2) is 11.5 Å². The van der Waals surface area contributed by atoms with Gasteiger partial charge in [0.25, 0.3) is 17.4 Å². The Morgan fingerprint density at radius 1 is 1.23 bits per heavy atom. The minimum atomic E-state index is -1.11. The van der Waals surface area contributed by atoms with Crippen LogP contribution >= 0.6 is 11.8 Å². The van der Waals surface area contributed by atoms with Crippen LogP contribution in [0.4, 0.5) is 4.79 Å². The van der Waals surface area contributed by atoms with Crippen LogP contribution in [0.1, 0.15) is 69.3 Å². The molecule has 0 radical (unpaired) electrons. The van der Waals surface area contributed by atoms with Gasteiger partial charge in [-0.05, 0) is 64.3 Å². The maximum atomic E-state index is 13.5. The number of nitrogens with one attached hydrogen (secondary N) is 2. The van der Waals surface area contributed by atoms with E-state index in [1.54, 1.807) is 12.1 Å². The van der Waals surface area contributed by atoms with Gasteiger partial charge in [-0.1, -0.05) is 32.0 Å². The van der Waals surface area contributed by atoms with Crippen LogP contribution in [-0.4, -0.2) is 71.1 Å². The molecule has 0 saturated heterocycles. The second kappa shape index (κ2) is 12.4. The van der Waals surface area contributed by atoms with Crippen LogP contribution in [0.5, 0.6) is 0 Å². The van der Waals surface area contributed by atoms with Crippen molar-refractivity contribution in [2.45, 2.75) is 70.7 Å². The summed E-state index contributed by atoms with van der Waals surface area (Å²) >= 11 is 1.36. The van der Waals surface area contributed by atoms with Crippen molar-refractivity contribution in [3.63, 3.8) is 0 Å². The van der Waals surface area contributed by atoms with Crippen LogP contribution in [0.3, 0.4) is 0 Å². The van der Waals surface area contributed by atoms with E-state index in [4.69, 9.17) is 9.15 Å². The third kappa shape index (κ3) is 7.73. The summed E-state index contributed by atoms with van der Waals surface area (Å²) in [5.41, 5.74) is -0.957. The largest absolute Gasteiger partial charge is 0.459 e. The second-order valence-corrected chi connectivity index (χ2v) is 10.8. The van der Waals surface area contributed by atoms with E-state index in [0.717, 1.165) is 30.8 Å². The fourth-order valence-electron chi connectivity index (χ4n) is 3.98. The number of rotatable bonds is 10. The van der Waals surface area contributed by atoms with Crippen molar-refractivity contribution in [2.75, 3.05) is 26.4 Å². The molecule has 0 spiro atoms. The Bertz CT molecular complexity index is 896. The molecule has 1 aromatic heterocycles. The van der Waals surface area contributed by atoms with E-state index in [2.05, 4.69) is 15.7 Å². The van der Waals surface area contributed by atoms with Crippen molar-refractivity contribution in [3.8, 4) is 0 Å². The van der Waals surface area contributed by atoms with Crippen molar-refractivity contribution in [1.82, 2.24) is 20.5 Å². The van der Waals surface area contributed by atoms with Crippen molar-refractivity contribution >= 4 is 34.7 Å². The Balaban J connectivity index is 1.75. The number of hydrazone groups is 1. The molecule has 0 aromatic carbocycles. The zero-order chi connectivity index (χ0) is 25.4. The van der Waals surface area contributed by atoms with Crippen molar-refractivity contribution in [3.05, 3.63) is 24.2 Å². The number of ketones is 1. The van der Waals surface area contributed by atoms with E-state index in [9.17, 15) is 14.4 Å². The SMILES string of the molecule is CC(C)CCC(=O)C1OC(SCCN(C)C)=NN1C(=O)NC1(NC(=O)c2ccco2)CCCCC1. The molecule has 1 unspecified atom stereocenters. The van der Waals surface area contributed by atoms with Crippen LogP contribution in [0.2, 0.25) is 0 Å². The minimum absolute atomic E-state index is 0.174. The van der Waals surface area contributed by atoms with Crippen molar-refractivity contribution in [1.29, 1.82) is 0 Å². The van der Waals surface area contributed by atoms with Gasteiger partial charge in [0.05, 0.1) is 6.26 Å². The molecule has 2 heterocycles. The van der Waals surface area contributed by atoms with E-state index in [1.165, 1.54) is 18.0 Å². The zero-order valence-electron chi connectivity index (χ0n) is 21.0. The average molecular weight is 508 g/mol. The molecule has 2 N–H and O–H groups in total. The first kappa shape index (κ1) is 27.1. The molecule has 3 amide bonds. The number of nitrogens with zero attached hydrogens (tertiary/aromatic N) is 3. The summed E-state index contributed by atoms with van der Waals surface area (Å²) in [7, 11) is 3.94. The summed E-state index contributed by atoms with van der Waals surface area (Å²) in [6, 6.07) is 2.64. The Morgan fingerprint density at radius 3 is 2.60 bits per heavy atom. The lowest BCUT2D eigenvalue weighted by molar-refractivity contribution is -0.131. The number of Topliss-reactive ketones (excluding diaryl/α,β-unsaturated/α-hetero) is 1. The van der Waals surface area contributed by atoms with Gasteiger partial charge in [-0.2, -0.15) is 5.01 Å². The maximum absolute atomic E-state index is 13.5. The lowest BCUT2D eigenvalue weighted by Gasteiger charge is -2.39. The minimum Gasteiger partial charge on any atom is -0.459 e. The molecular weight excluding hydrogens is 470 g/mol. The van der Waals surface area contributed by atoms with E-state index >= 15 is 0 Å². The Hall–Kier alpha value is -2.53. The lowest BCUT2D eigenvalue weighted by atomic mass is 9.88. The van der Waals surface area contributed by atoms with E-state index < -0.39 is 23.8 Å². The van der Waals surface area contributed by atoms with Gasteiger partial charge in [0, 0.05) is 18.7 Å². The highest BCUT2D eigenvalue weighted by Gasteiger charge is 2.43. The van der Waals surface area contributed by atoms with Crippen molar-refractivity contribution < 1.29 is 23.5 Å². The highest BCUT2D eigenvalue weighted by Crippen LogP contribution is 2.28. The standard InChI is InChI=1S/C24H37N5O5S/c1-17(2)10-11-18(30)21-29(27-23(34-21)35-16-14-28(3)4)22(32)26-24(12-6-5-7-13-24)25-20(31)19-9-8-15-33-19/h8-9,15,17,21H,5-7,10-14,16H2,1-4H3,(H,25,31)(H,26,32). The lowest BCUT2D eigenvalue weighted by Crippen LogP contribution is -2.63. The second-order valence-electron chi connectivity index (χ2n) is 9.74. The first-order valence-corrected chi connectivity index (χ1v) is 13.2. The highest BCUT2D eigenvalue weighted by atomic mass is 32.2. The molecule has 10 nitrogen and oxygen atoms in total. The monoisotopic (exact) mass is 507 g/mol. The van der Waals surface area contributed by atoms with Gasteiger partial charge in [-0.3, -0.25) is 9.59 Å². The van der Waals surface area contributed by atoms with Crippen LogP contribution in [0.15, 0.2) is 27.9 Å². The predicted molar refractivity (Wildman–Crippen MR) is 135 cm³/mol. The molecule has 1 fully saturated rings. The Labute approximate surface area is 211 Å². The van der Waals surface area contributed by atoms with E-state index in [-0.39, 0.29) is 18.0 Å². The average Bonchev–Trinajstić information content (AvgIpc) is 3.48. The summed E-state index contributed by atoms with van der Waals surface area (Å²) in [6.45, 7) is 4.88. The summed E-state index contributed by atoms with van der Waals surface area (Å²) in [6.07, 6.45) is 5.15. The van der Waals surface area contributed by atoms with Gasteiger partial charge in [-0.25, -0.2) is 4.79 Å². The number of carbonyl (C=O) groups is 3. The predicted octanol–water partition coefficient (Wildman–Crippen LogP) is 3.61. The van der Waals surface area contributed by atoms with Gasteiger partial charge < -0.3 is 24.7 Å². The smallest absolute Gasteiger partial charge is 0.343 e. The molecule has 0 bridgehead atoms. The van der Waals surface area contributed by atoms with Crippen LogP contribution in [0.25, 0.3) is 0 Å². The molecule has 194 valence electrons. The molecule has 1 saturated carbocycles. The zero-order valence-corrected chi connectivity index (χ0v) is 21.9. The molecule has 1 aliphatic heterocycles. The Kier molecular flexibility index (Phi) is 9.62. The molecule has 1 aliphatic carbocycles. The van der Waals surface area contributed by atoms with Gasteiger partial charge in [0.2, 0.25) is 0 Å². The summed E-state index contributed by atoms with van der Waals surface area (Å²) in [5, 5.41) is 11.7. The van der Waals surface area contributed by atoms with E-state index in [1.807, 2.05) is 32.8 Å². The molecule has 1 aromatic rings. The number of hydrogen-bond acceptors (Lipinski definition) is 8. The quantitative estimate of drug-likeness (QED) is 0.465. The number of hydrogen-bond donors (Lipinski definition) is 2. The van der Waals surface area contributed by atoms with Crippen LogP contribution in [-0.2, 0) is 9.53 Å². The first-order chi connectivity index (χ1) is 16.7. The molecule has 35 heavy (non-hydrogen) atoms.